The Hall–Kier alpha value is -3.76. The van der Waals surface area contributed by atoms with Crippen LogP contribution >= 0.6 is 0 Å². The van der Waals surface area contributed by atoms with Crippen LogP contribution in [0.15, 0.2) is 125 Å². The normalized spacial score (nSPS) is 11.5. The number of fused-ring (bicyclic) bond motifs is 1. The molecule has 0 amide bonds. The Balaban J connectivity index is 1.99. The zero-order valence-corrected chi connectivity index (χ0v) is 17.5. The number of hydrogen-bond donors (Lipinski definition) is 0. The largest absolute Gasteiger partial charge is 0.246 e. The molecule has 4 heteroatoms. The van der Waals surface area contributed by atoms with Crippen molar-refractivity contribution in [3.63, 3.8) is 0 Å². The van der Waals surface area contributed by atoms with Gasteiger partial charge in [-0.15, -0.1) is 0 Å². The van der Waals surface area contributed by atoms with Crippen molar-refractivity contribution in [1.82, 2.24) is 4.98 Å². The zero-order valence-electron chi connectivity index (χ0n) is 16.6. The molecule has 0 spiro atoms. The highest BCUT2D eigenvalue weighted by molar-refractivity contribution is 7.91. The molecular formula is C27H19NO2S. The van der Waals surface area contributed by atoms with Crippen LogP contribution < -0.4 is 0 Å². The number of para-hydroxylation sites is 1. The molecule has 0 atom stereocenters. The van der Waals surface area contributed by atoms with Crippen molar-refractivity contribution in [2.75, 3.05) is 0 Å². The molecule has 0 N–H and O–H groups in total. The number of nitrogens with zero attached hydrogens (tertiary/aromatic N) is 1. The molecule has 0 radical (unpaired) electrons. The molecule has 0 aliphatic rings. The summed E-state index contributed by atoms with van der Waals surface area (Å²) in [5.41, 5.74) is 3.50. The van der Waals surface area contributed by atoms with E-state index in [1.54, 1.807) is 24.3 Å². The third-order valence-electron chi connectivity index (χ3n) is 5.28. The van der Waals surface area contributed by atoms with Crippen molar-refractivity contribution in [3.05, 3.63) is 115 Å². The minimum absolute atomic E-state index is 0.231. The van der Waals surface area contributed by atoms with E-state index in [1.165, 1.54) is 0 Å². The van der Waals surface area contributed by atoms with Gasteiger partial charge in [-0.05, 0) is 23.8 Å². The second-order valence-electron chi connectivity index (χ2n) is 7.23. The molecule has 5 aromatic rings. The van der Waals surface area contributed by atoms with Crippen molar-refractivity contribution in [3.8, 4) is 22.4 Å². The van der Waals surface area contributed by atoms with Gasteiger partial charge in [-0.25, -0.2) is 13.4 Å². The van der Waals surface area contributed by atoms with Gasteiger partial charge in [0.05, 0.1) is 16.1 Å². The van der Waals surface area contributed by atoms with E-state index < -0.39 is 9.84 Å². The first-order valence-electron chi connectivity index (χ1n) is 10.00. The van der Waals surface area contributed by atoms with Gasteiger partial charge in [0.2, 0.25) is 9.84 Å². The van der Waals surface area contributed by atoms with Crippen LogP contribution in [-0.2, 0) is 9.84 Å². The summed E-state index contributed by atoms with van der Waals surface area (Å²) in [5, 5.41) is 0.808. The minimum Gasteiger partial charge on any atom is -0.246 e. The molecule has 0 bridgehead atoms. The van der Waals surface area contributed by atoms with Gasteiger partial charge in [-0.1, -0.05) is 97.1 Å². The van der Waals surface area contributed by atoms with Crippen molar-refractivity contribution in [1.29, 1.82) is 0 Å². The molecule has 150 valence electrons. The third-order valence-corrected chi connectivity index (χ3v) is 7.11. The van der Waals surface area contributed by atoms with Gasteiger partial charge in [0, 0.05) is 16.5 Å². The number of rotatable bonds is 4. The lowest BCUT2D eigenvalue weighted by Crippen LogP contribution is -2.08. The number of hydrogen-bond acceptors (Lipinski definition) is 3. The monoisotopic (exact) mass is 421 g/mol. The Kier molecular flexibility index (Phi) is 4.85. The van der Waals surface area contributed by atoms with Crippen LogP contribution in [0.2, 0.25) is 0 Å². The SMILES string of the molecule is O=S(=O)(c1ccccc1)c1c(-c2ccccc2)nc2ccccc2c1-c1ccccc1. The molecule has 4 aromatic carbocycles. The Labute approximate surface area is 181 Å². The highest BCUT2D eigenvalue weighted by Gasteiger charge is 2.29. The molecule has 0 unspecified atom stereocenters. The average molecular weight is 422 g/mol. The summed E-state index contributed by atoms with van der Waals surface area (Å²) in [6.45, 7) is 0. The summed E-state index contributed by atoms with van der Waals surface area (Å²) in [6, 6.07) is 35.4. The number of pyridine rings is 1. The van der Waals surface area contributed by atoms with Gasteiger partial charge in [0.1, 0.15) is 4.90 Å². The standard InChI is InChI=1S/C27H19NO2S/c29-31(30,22-16-8-3-9-17-22)27-25(20-12-4-1-5-13-20)23-18-10-11-19-24(23)28-26(27)21-14-6-2-7-15-21/h1-19H. The van der Waals surface area contributed by atoms with E-state index in [0.29, 0.717) is 11.3 Å². The maximum atomic E-state index is 14.0. The number of sulfone groups is 1. The summed E-state index contributed by atoms with van der Waals surface area (Å²) >= 11 is 0. The van der Waals surface area contributed by atoms with Crippen molar-refractivity contribution < 1.29 is 8.42 Å². The van der Waals surface area contributed by atoms with Crippen LogP contribution in [0.3, 0.4) is 0 Å². The highest BCUT2D eigenvalue weighted by atomic mass is 32.2. The van der Waals surface area contributed by atoms with Crippen LogP contribution in [0, 0.1) is 0 Å². The first kappa shape index (κ1) is 19.2. The molecular weight excluding hydrogens is 402 g/mol. The lowest BCUT2D eigenvalue weighted by atomic mass is 9.98. The first-order valence-corrected chi connectivity index (χ1v) is 11.5. The van der Waals surface area contributed by atoms with Gasteiger partial charge in [0.15, 0.2) is 0 Å². The van der Waals surface area contributed by atoms with Crippen LogP contribution in [-0.4, -0.2) is 13.4 Å². The maximum absolute atomic E-state index is 14.0. The van der Waals surface area contributed by atoms with Crippen LogP contribution in [0.25, 0.3) is 33.3 Å². The average Bonchev–Trinajstić information content (AvgIpc) is 2.84. The van der Waals surface area contributed by atoms with E-state index in [9.17, 15) is 8.42 Å². The third kappa shape index (κ3) is 3.41. The molecule has 0 aliphatic heterocycles. The summed E-state index contributed by atoms with van der Waals surface area (Å²) < 4.78 is 28.1. The predicted octanol–water partition coefficient (Wildman–Crippen LogP) is 6.40. The fraction of sp³-hybridized carbons (Fsp3) is 0. The Bertz CT molecular complexity index is 1460. The molecule has 0 fully saturated rings. The van der Waals surface area contributed by atoms with Gasteiger partial charge < -0.3 is 0 Å². The highest BCUT2D eigenvalue weighted by Crippen LogP contribution is 2.41. The minimum atomic E-state index is -3.85. The summed E-state index contributed by atoms with van der Waals surface area (Å²) in [4.78, 5) is 5.33. The van der Waals surface area contributed by atoms with Crippen LogP contribution in [0.4, 0.5) is 0 Å². The number of aromatic nitrogens is 1. The van der Waals surface area contributed by atoms with Gasteiger partial charge in [-0.2, -0.15) is 0 Å². The zero-order chi connectivity index (χ0) is 21.3. The summed E-state index contributed by atoms with van der Waals surface area (Å²) in [6.07, 6.45) is 0. The first-order chi connectivity index (χ1) is 15.2. The Morgan fingerprint density at radius 1 is 0.548 bits per heavy atom. The smallest absolute Gasteiger partial charge is 0.209 e. The van der Waals surface area contributed by atoms with Crippen LogP contribution in [0.1, 0.15) is 0 Å². The summed E-state index contributed by atoms with van der Waals surface area (Å²) in [5.74, 6) is 0. The Morgan fingerprint density at radius 3 is 1.71 bits per heavy atom. The number of benzene rings is 4. The molecule has 0 saturated carbocycles. The van der Waals surface area contributed by atoms with E-state index >= 15 is 0 Å². The maximum Gasteiger partial charge on any atom is 0.209 e. The van der Waals surface area contributed by atoms with E-state index in [-0.39, 0.29) is 9.79 Å². The summed E-state index contributed by atoms with van der Waals surface area (Å²) in [7, 11) is -3.85. The molecule has 1 heterocycles. The molecule has 1 aromatic heterocycles. The fourth-order valence-electron chi connectivity index (χ4n) is 3.86. The predicted molar refractivity (Wildman–Crippen MR) is 125 cm³/mol. The lowest BCUT2D eigenvalue weighted by molar-refractivity contribution is 0.596. The van der Waals surface area contributed by atoms with Crippen molar-refractivity contribution in [2.45, 2.75) is 9.79 Å². The second-order valence-corrected chi connectivity index (χ2v) is 9.12. The van der Waals surface area contributed by atoms with E-state index in [2.05, 4.69) is 0 Å². The quantitative estimate of drug-likeness (QED) is 0.337. The molecule has 3 nitrogen and oxygen atoms in total. The van der Waals surface area contributed by atoms with E-state index in [4.69, 9.17) is 4.98 Å². The van der Waals surface area contributed by atoms with Crippen molar-refractivity contribution in [2.24, 2.45) is 0 Å². The second kappa shape index (κ2) is 7.82. The molecule has 0 saturated heterocycles. The topological polar surface area (TPSA) is 47.0 Å². The van der Waals surface area contributed by atoms with Gasteiger partial charge in [-0.3, -0.25) is 0 Å². The fourth-order valence-corrected chi connectivity index (χ4v) is 5.52. The van der Waals surface area contributed by atoms with Crippen LogP contribution in [0.5, 0.6) is 0 Å². The Morgan fingerprint density at radius 2 is 1.06 bits per heavy atom. The molecule has 31 heavy (non-hydrogen) atoms. The van der Waals surface area contributed by atoms with E-state index in [1.807, 2.05) is 91.0 Å². The molecule has 0 aliphatic carbocycles. The van der Waals surface area contributed by atoms with E-state index in [0.717, 1.165) is 22.0 Å². The van der Waals surface area contributed by atoms with Gasteiger partial charge in [0.25, 0.3) is 0 Å². The van der Waals surface area contributed by atoms with Crippen molar-refractivity contribution >= 4 is 20.7 Å². The lowest BCUT2D eigenvalue weighted by Gasteiger charge is -2.18. The van der Waals surface area contributed by atoms with Gasteiger partial charge >= 0.3 is 0 Å². The molecule has 5 rings (SSSR count).